The molecule has 0 atom stereocenters. The fourth-order valence-electron chi connectivity index (χ4n) is 2.19. The van der Waals surface area contributed by atoms with E-state index in [1.54, 1.807) is 0 Å². The molecule has 22 heavy (non-hydrogen) atoms. The molecule has 0 aromatic heterocycles. The Morgan fingerprint density at radius 1 is 1.27 bits per heavy atom. The number of halogens is 1. The summed E-state index contributed by atoms with van der Waals surface area (Å²) in [6, 6.07) is 7.95. The highest BCUT2D eigenvalue weighted by Gasteiger charge is 2.13. The van der Waals surface area contributed by atoms with Gasteiger partial charge in [0.25, 0.3) is 0 Å². The summed E-state index contributed by atoms with van der Waals surface area (Å²) in [5.41, 5.74) is 1.28. The van der Waals surface area contributed by atoms with Gasteiger partial charge in [0.15, 0.2) is 0 Å². The second-order valence-corrected chi connectivity index (χ2v) is 6.81. The molecule has 1 aliphatic rings. The van der Waals surface area contributed by atoms with E-state index < -0.39 is 0 Å². The lowest BCUT2D eigenvalue weighted by Gasteiger charge is -2.25. The Labute approximate surface area is 141 Å². The average Bonchev–Trinajstić information content (AvgIpc) is 2.53. The molecule has 0 unspecified atom stereocenters. The lowest BCUT2D eigenvalue weighted by Crippen LogP contribution is -2.43. The van der Waals surface area contributed by atoms with Gasteiger partial charge in [-0.25, -0.2) is 0 Å². The number of nitrogens with one attached hydrogen (secondary N) is 1. The number of hydrogen-bond donors (Lipinski definition) is 1. The standard InChI is InChI=1S/C16H23ClN2O2S/c17-15-4-2-14(3-5-15)13-22-11-1-6-18-16(20)12-19-7-9-21-10-8-19/h2-5H,1,6-13H2,(H,18,20). The molecule has 1 aromatic carbocycles. The third-order valence-corrected chi connectivity index (χ3v) is 4.81. The molecule has 1 heterocycles. The summed E-state index contributed by atoms with van der Waals surface area (Å²) < 4.78 is 5.27. The van der Waals surface area contributed by atoms with Crippen LogP contribution in [0.3, 0.4) is 0 Å². The second kappa shape index (κ2) is 10.1. The van der Waals surface area contributed by atoms with Crippen LogP contribution in [0, 0.1) is 0 Å². The van der Waals surface area contributed by atoms with Crippen molar-refractivity contribution in [1.82, 2.24) is 10.2 Å². The first-order valence-corrected chi connectivity index (χ1v) is 9.16. The molecule has 0 saturated carbocycles. The topological polar surface area (TPSA) is 41.6 Å². The molecule has 0 spiro atoms. The molecule has 4 nitrogen and oxygen atoms in total. The molecule has 1 aromatic rings. The van der Waals surface area contributed by atoms with E-state index in [2.05, 4.69) is 22.3 Å². The second-order valence-electron chi connectivity index (χ2n) is 5.27. The van der Waals surface area contributed by atoms with E-state index in [0.717, 1.165) is 55.8 Å². The van der Waals surface area contributed by atoms with Crippen LogP contribution in [-0.4, -0.2) is 56.0 Å². The number of amides is 1. The van der Waals surface area contributed by atoms with Crippen molar-refractivity contribution in [2.24, 2.45) is 0 Å². The van der Waals surface area contributed by atoms with Gasteiger partial charge in [-0.15, -0.1) is 0 Å². The van der Waals surface area contributed by atoms with Crippen LogP contribution in [0.2, 0.25) is 5.02 Å². The third-order valence-electron chi connectivity index (χ3n) is 3.44. The molecule has 1 fully saturated rings. The van der Waals surface area contributed by atoms with Crippen molar-refractivity contribution in [2.75, 3.05) is 45.1 Å². The van der Waals surface area contributed by atoms with Crippen LogP contribution in [-0.2, 0) is 15.3 Å². The van der Waals surface area contributed by atoms with Crippen molar-refractivity contribution in [2.45, 2.75) is 12.2 Å². The van der Waals surface area contributed by atoms with Gasteiger partial charge in [-0.1, -0.05) is 23.7 Å². The number of carbonyl (C=O) groups is 1. The first-order chi connectivity index (χ1) is 10.7. The number of nitrogens with zero attached hydrogens (tertiary/aromatic N) is 1. The van der Waals surface area contributed by atoms with E-state index in [4.69, 9.17) is 16.3 Å². The van der Waals surface area contributed by atoms with Crippen LogP contribution in [0.15, 0.2) is 24.3 Å². The predicted octanol–water partition coefficient (Wildman–Crippen LogP) is 2.41. The number of hydrogen-bond acceptors (Lipinski definition) is 4. The van der Waals surface area contributed by atoms with Crippen LogP contribution in [0.25, 0.3) is 0 Å². The van der Waals surface area contributed by atoms with E-state index in [1.807, 2.05) is 23.9 Å². The van der Waals surface area contributed by atoms with Crippen molar-refractivity contribution in [3.05, 3.63) is 34.9 Å². The monoisotopic (exact) mass is 342 g/mol. The molecule has 1 saturated heterocycles. The highest BCUT2D eigenvalue weighted by molar-refractivity contribution is 7.98. The minimum absolute atomic E-state index is 0.115. The molecule has 6 heteroatoms. The highest BCUT2D eigenvalue weighted by Crippen LogP contribution is 2.15. The largest absolute Gasteiger partial charge is 0.379 e. The van der Waals surface area contributed by atoms with Gasteiger partial charge in [0.1, 0.15) is 0 Å². The fraction of sp³-hybridized carbons (Fsp3) is 0.562. The zero-order valence-corrected chi connectivity index (χ0v) is 14.3. The Kier molecular flexibility index (Phi) is 8.08. The maximum absolute atomic E-state index is 11.8. The summed E-state index contributed by atoms with van der Waals surface area (Å²) in [5, 5.41) is 3.76. The molecular weight excluding hydrogens is 320 g/mol. The van der Waals surface area contributed by atoms with Crippen LogP contribution in [0.5, 0.6) is 0 Å². The summed E-state index contributed by atoms with van der Waals surface area (Å²) in [6.07, 6.45) is 0.993. The number of thioether (sulfide) groups is 1. The van der Waals surface area contributed by atoms with Gasteiger partial charge in [-0.3, -0.25) is 9.69 Å². The minimum atomic E-state index is 0.115. The molecule has 0 bridgehead atoms. The first-order valence-electron chi connectivity index (χ1n) is 7.63. The molecular formula is C16H23ClN2O2S. The third kappa shape index (κ3) is 7.01. The normalized spacial score (nSPS) is 15.7. The van der Waals surface area contributed by atoms with Gasteiger partial charge in [-0.05, 0) is 29.9 Å². The van der Waals surface area contributed by atoms with Crippen LogP contribution < -0.4 is 5.32 Å². The summed E-state index contributed by atoms with van der Waals surface area (Å²) >= 11 is 7.73. The van der Waals surface area contributed by atoms with Crippen LogP contribution in [0.1, 0.15) is 12.0 Å². The summed E-state index contributed by atoms with van der Waals surface area (Å²) in [4.78, 5) is 13.9. The zero-order chi connectivity index (χ0) is 15.6. The SMILES string of the molecule is O=C(CN1CCOCC1)NCCCSCc1ccc(Cl)cc1. The van der Waals surface area contributed by atoms with Gasteiger partial charge < -0.3 is 10.1 Å². The summed E-state index contributed by atoms with van der Waals surface area (Å²) in [7, 11) is 0. The van der Waals surface area contributed by atoms with Gasteiger partial charge >= 0.3 is 0 Å². The average molecular weight is 343 g/mol. The number of morpholine rings is 1. The van der Waals surface area contributed by atoms with Crippen LogP contribution >= 0.6 is 23.4 Å². The van der Waals surface area contributed by atoms with E-state index >= 15 is 0 Å². The highest BCUT2D eigenvalue weighted by atomic mass is 35.5. The maximum atomic E-state index is 11.8. The smallest absolute Gasteiger partial charge is 0.234 e. The minimum Gasteiger partial charge on any atom is -0.379 e. The lowest BCUT2D eigenvalue weighted by molar-refractivity contribution is -0.123. The Bertz CT molecular complexity index is 450. The number of carbonyl (C=O) groups excluding carboxylic acids is 1. The maximum Gasteiger partial charge on any atom is 0.234 e. The van der Waals surface area contributed by atoms with Crippen molar-refractivity contribution in [3.8, 4) is 0 Å². The molecule has 0 aliphatic carbocycles. The fourth-order valence-corrected chi connectivity index (χ4v) is 3.24. The molecule has 1 amide bonds. The zero-order valence-electron chi connectivity index (χ0n) is 12.7. The Balaban J connectivity index is 1.48. The Morgan fingerprint density at radius 3 is 2.73 bits per heavy atom. The first kappa shape index (κ1) is 17.6. The van der Waals surface area contributed by atoms with Gasteiger partial charge in [-0.2, -0.15) is 11.8 Å². The molecule has 2 rings (SSSR count). The number of rotatable bonds is 8. The Morgan fingerprint density at radius 2 is 2.00 bits per heavy atom. The van der Waals surface area contributed by atoms with Crippen molar-refractivity contribution < 1.29 is 9.53 Å². The van der Waals surface area contributed by atoms with E-state index in [-0.39, 0.29) is 5.91 Å². The molecule has 1 N–H and O–H groups in total. The molecule has 0 radical (unpaired) electrons. The van der Waals surface area contributed by atoms with Gasteiger partial charge in [0.2, 0.25) is 5.91 Å². The van der Waals surface area contributed by atoms with Gasteiger partial charge in [0, 0.05) is 30.4 Å². The summed E-state index contributed by atoms with van der Waals surface area (Å²) in [5.74, 6) is 2.14. The van der Waals surface area contributed by atoms with E-state index in [0.29, 0.717) is 6.54 Å². The van der Waals surface area contributed by atoms with Crippen LogP contribution in [0.4, 0.5) is 0 Å². The van der Waals surface area contributed by atoms with Crippen molar-refractivity contribution >= 4 is 29.3 Å². The van der Waals surface area contributed by atoms with Gasteiger partial charge in [0.05, 0.1) is 19.8 Å². The van der Waals surface area contributed by atoms with E-state index in [1.165, 1.54) is 5.56 Å². The van der Waals surface area contributed by atoms with E-state index in [9.17, 15) is 4.79 Å². The number of ether oxygens (including phenoxy) is 1. The number of benzene rings is 1. The molecule has 1 aliphatic heterocycles. The predicted molar refractivity (Wildman–Crippen MR) is 92.5 cm³/mol. The van der Waals surface area contributed by atoms with Crippen molar-refractivity contribution in [3.63, 3.8) is 0 Å². The lowest BCUT2D eigenvalue weighted by atomic mass is 10.2. The van der Waals surface area contributed by atoms with Crippen molar-refractivity contribution in [1.29, 1.82) is 0 Å². The Hall–Kier alpha value is -0.750. The quantitative estimate of drug-likeness (QED) is 0.737. The summed E-state index contributed by atoms with van der Waals surface area (Å²) in [6.45, 7) is 4.40. The molecule has 122 valence electrons.